The molecule has 2 aliphatic rings. The molecule has 1 heterocycles. The highest BCUT2D eigenvalue weighted by molar-refractivity contribution is 5.82. The fraction of sp³-hybridized carbons (Fsp3) is 0.889. The average molecular weight is 323 g/mol. The van der Waals surface area contributed by atoms with E-state index in [4.69, 9.17) is 4.74 Å². The number of aliphatic imine (C=N–C) groups is 1. The molecule has 0 bridgehead atoms. The van der Waals surface area contributed by atoms with E-state index in [1.165, 1.54) is 12.8 Å². The highest BCUT2D eigenvalue weighted by Gasteiger charge is 2.53. The molecular formula is C18H33N3O2. The maximum absolute atomic E-state index is 11.8. The summed E-state index contributed by atoms with van der Waals surface area (Å²) in [6.07, 6.45) is 5.90. The molecule has 0 aromatic rings. The fourth-order valence-electron chi connectivity index (χ4n) is 3.38. The van der Waals surface area contributed by atoms with Gasteiger partial charge < -0.3 is 15.0 Å². The molecule has 1 N–H and O–H groups in total. The maximum Gasteiger partial charge on any atom is 0.306 e. The lowest BCUT2D eigenvalue weighted by molar-refractivity contribution is -0.148. The second-order valence-electron chi connectivity index (χ2n) is 8.00. The largest absolute Gasteiger partial charge is 0.462 e. The predicted molar refractivity (Wildman–Crippen MR) is 93.5 cm³/mol. The third-order valence-corrected chi connectivity index (χ3v) is 5.79. The molecule has 1 aliphatic heterocycles. The van der Waals surface area contributed by atoms with Crippen molar-refractivity contribution in [1.82, 2.24) is 10.2 Å². The van der Waals surface area contributed by atoms with Crippen molar-refractivity contribution in [3.05, 3.63) is 0 Å². The number of carbonyl (C=O) groups is 1. The van der Waals surface area contributed by atoms with Gasteiger partial charge >= 0.3 is 5.97 Å². The first kappa shape index (κ1) is 18.1. The van der Waals surface area contributed by atoms with Gasteiger partial charge in [-0.15, -0.1) is 0 Å². The van der Waals surface area contributed by atoms with E-state index in [1.54, 1.807) is 0 Å². The predicted octanol–water partition coefficient (Wildman–Crippen LogP) is 2.95. The number of guanidine groups is 1. The first-order valence-electron chi connectivity index (χ1n) is 8.96. The van der Waals surface area contributed by atoms with Crippen molar-refractivity contribution in [2.24, 2.45) is 10.4 Å². The Labute approximate surface area is 140 Å². The van der Waals surface area contributed by atoms with Crippen LogP contribution >= 0.6 is 0 Å². The van der Waals surface area contributed by atoms with Crippen LogP contribution in [0.1, 0.15) is 66.2 Å². The molecule has 0 aromatic carbocycles. The summed E-state index contributed by atoms with van der Waals surface area (Å²) in [4.78, 5) is 18.5. The number of hydrogen-bond acceptors (Lipinski definition) is 3. The molecule has 0 radical (unpaired) electrons. The number of carbonyl (C=O) groups excluding carboxylic acids is 1. The molecule has 0 spiro atoms. The summed E-state index contributed by atoms with van der Waals surface area (Å²) >= 11 is 0. The maximum atomic E-state index is 11.8. The molecule has 5 heteroatoms. The Morgan fingerprint density at radius 3 is 2.43 bits per heavy atom. The van der Waals surface area contributed by atoms with E-state index in [-0.39, 0.29) is 23.0 Å². The number of nitrogens with zero attached hydrogens (tertiary/aromatic N) is 2. The summed E-state index contributed by atoms with van der Waals surface area (Å²) in [5, 5.41) is 3.38. The molecule has 2 fully saturated rings. The van der Waals surface area contributed by atoms with E-state index in [2.05, 4.69) is 42.9 Å². The van der Waals surface area contributed by atoms with Crippen molar-refractivity contribution in [3.63, 3.8) is 0 Å². The lowest BCUT2D eigenvalue weighted by atomic mass is 9.65. The molecule has 0 aromatic heterocycles. The summed E-state index contributed by atoms with van der Waals surface area (Å²) in [5.74, 6) is 0.873. The molecule has 2 rings (SSSR count). The molecule has 0 unspecified atom stereocenters. The monoisotopic (exact) mass is 323 g/mol. The molecule has 1 saturated heterocycles. The van der Waals surface area contributed by atoms with Gasteiger partial charge in [-0.25, -0.2) is 0 Å². The van der Waals surface area contributed by atoms with Gasteiger partial charge in [0.05, 0.1) is 0 Å². The van der Waals surface area contributed by atoms with Gasteiger partial charge in [-0.05, 0) is 46.0 Å². The van der Waals surface area contributed by atoms with Crippen LogP contribution in [0, 0.1) is 5.41 Å². The molecule has 5 nitrogen and oxygen atoms in total. The van der Waals surface area contributed by atoms with Crippen LogP contribution in [0.5, 0.6) is 0 Å². The number of likely N-dealkylation sites (tertiary alicyclic amines) is 1. The Hall–Kier alpha value is -1.26. The summed E-state index contributed by atoms with van der Waals surface area (Å²) in [5.41, 5.74) is 0.381. The Morgan fingerprint density at radius 1 is 1.26 bits per heavy atom. The minimum Gasteiger partial charge on any atom is -0.462 e. The second-order valence-corrected chi connectivity index (χ2v) is 8.00. The number of ether oxygens (including phenoxy) is 1. The average Bonchev–Trinajstić information content (AvgIpc) is 2.98. The summed E-state index contributed by atoms with van der Waals surface area (Å²) in [7, 11) is 1.82. The van der Waals surface area contributed by atoms with E-state index < -0.39 is 0 Å². The summed E-state index contributed by atoms with van der Waals surface area (Å²) in [6, 6.07) is 0. The van der Waals surface area contributed by atoms with Gasteiger partial charge in [-0.1, -0.05) is 13.8 Å². The first-order chi connectivity index (χ1) is 10.8. The fourth-order valence-corrected chi connectivity index (χ4v) is 3.38. The Kier molecular flexibility index (Phi) is 5.58. The number of rotatable bonds is 5. The van der Waals surface area contributed by atoms with Crippen LogP contribution in [-0.2, 0) is 9.53 Å². The van der Waals surface area contributed by atoms with E-state index in [1.807, 2.05) is 7.05 Å². The number of nitrogens with one attached hydrogen (secondary N) is 1. The van der Waals surface area contributed by atoms with Gasteiger partial charge in [0, 0.05) is 37.5 Å². The zero-order chi connectivity index (χ0) is 17.1. The Balaban J connectivity index is 1.68. The highest BCUT2D eigenvalue weighted by atomic mass is 16.5. The van der Waals surface area contributed by atoms with Crippen molar-refractivity contribution in [3.8, 4) is 0 Å². The van der Waals surface area contributed by atoms with Crippen LogP contribution in [-0.4, -0.2) is 48.6 Å². The highest BCUT2D eigenvalue weighted by Crippen LogP contribution is 2.46. The summed E-state index contributed by atoms with van der Waals surface area (Å²) in [6.45, 7) is 10.8. The molecule has 0 amide bonds. The molecule has 1 aliphatic carbocycles. The van der Waals surface area contributed by atoms with Gasteiger partial charge in [-0.2, -0.15) is 0 Å². The third kappa shape index (κ3) is 3.99. The molecule has 1 saturated carbocycles. The number of esters is 1. The van der Waals surface area contributed by atoms with Gasteiger partial charge in [-0.3, -0.25) is 9.79 Å². The van der Waals surface area contributed by atoms with Crippen molar-refractivity contribution in [2.75, 3.05) is 20.1 Å². The topological polar surface area (TPSA) is 53.9 Å². The number of hydrogen-bond donors (Lipinski definition) is 1. The molecule has 23 heavy (non-hydrogen) atoms. The van der Waals surface area contributed by atoms with Crippen molar-refractivity contribution >= 4 is 11.9 Å². The van der Waals surface area contributed by atoms with Crippen molar-refractivity contribution < 1.29 is 9.53 Å². The lowest BCUT2D eigenvalue weighted by Gasteiger charge is -2.62. The van der Waals surface area contributed by atoms with Crippen LogP contribution in [0.4, 0.5) is 0 Å². The minimum absolute atomic E-state index is 0.0564. The van der Waals surface area contributed by atoms with E-state index >= 15 is 0 Å². The van der Waals surface area contributed by atoms with E-state index in [0.717, 1.165) is 38.3 Å². The summed E-state index contributed by atoms with van der Waals surface area (Å²) < 4.78 is 5.48. The van der Waals surface area contributed by atoms with Gasteiger partial charge in [0.25, 0.3) is 0 Å². The van der Waals surface area contributed by atoms with Crippen LogP contribution < -0.4 is 5.32 Å². The van der Waals surface area contributed by atoms with Crippen LogP contribution in [0.15, 0.2) is 4.99 Å². The van der Waals surface area contributed by atoms with Gasteiger partial charge in [0.15, 0.2) is 5.96 Å². The minimum atomic E-state index is -0.0564. The van der Waals surface area contributed by atoms with Crippen molar-refractivity contribution in [2.45, 2.75) is 77.9 Å². The van der Waals surface area contributed by atoms with E-state index in [9.17, 15) is 4.79 Å². The second kappa shape index (κ2) is 7.10. The SMILES string of the molecule is CN=C(NCCCC(=O)OC1CCCC1)N1CC(C)(C)C1(C)C. The van der Waals surface area contributed by atoms with Crippen LogP contribution in [0.3, 0.4) is 0 Å². The van der Waals surface area contributed by atoms with Gasteiger partial charge in [0.1, 0.15) is 6.10 Å². The van der Waals surface area contributed by atoms with Crippen LogP contribution in [0.25, 0.3) is 0 Å². The Bertz CT molecular complexity index is 451. The van der Waals surface area contributed by atoms with Gasteiger partial charge in [0.2, 0.25) is 0 Å². The zero-order valence-corrected chi connectivity index (χ0v) is 15.4. The quantitative estimate of drug-likeness (QED) is 0.366. The van der Waals surface area contributed by atoms with Crippen molar-refractivity contribution in [1.29, 1.82) is 0 Å². The lowest BCUT2D eigenvalue weighted by Crippen LogP contribution is -2.72. The standard InChI is InChI=1S/C18H33N3O2/c1-17(2)13-21(18(17,3)4)16(19-5)20-12-8-11-15(22)23-14-9-6-7-10-14/h14H,6-13H2,1-5H3,(H,19,20). The molecular weight excluding hydrogens is 290 g/mol. The Morgan fingerprint density at radius 2 is 1.91 bits per heavy atom. The van der Waals surface area contributed by atoms with E-state index in [0.29, 0.717) is 6.42 Å². The molecule has 0 atom stereocenters. The van der Waals surface area contributed by atoms with Crippen LogP contribution in [0.2, 0.25) is 0 Å². The molecule has 132 valence electrons. The third-order valence-electron chi connectivity index (χ3n) is 5.79. The first-order valence-corrected chi connectivity index (χ1v) is 8.96. The zero-order valence-electron chi connectivity index (χ0n) is 15.4. The normalized spacial score (nSPS) is 23.5. The smallest absolute Gasteiger partial charge is 0.306 e.